The number of benzene rings is 2. The van der Waals surface area contributed by atoms with E-state index in [2.05, 4.69) is 64.4 Å². The first kappa shape index (κ1) is 26.8. The fraction of sp³-hybridized carbons (Fsp3) is 0.323. The maximum atomic E-state index is 12.3. The van der Waals surface area contributed by atoms with Gasteiger partial charge in [0.05, 0.1) is 17.3 Å². The van der Waals surface area contributed by atoms with Gasteiger partial charge in [0.15, 0.2) is 0 Å². The minimum Gasteiger partial charge on any atom is -0.456 e. The van der Waals surface area contributed by atoms with E-state index < -0.39 is 5.60 Å². The number of nitrogens with zero attached hydrogens (tertiary/aromatic N) is 2. The van der Waals surface area contributed by atoms with Crippen molar-refractivity contribution in [2.75, 3.05) is 0 Å². The van der Waals surface area contributed by atoms with Crippen molar-refractivity contribution in [1.82, 2.24) is 0 Å². The number of carbonyl (C=O) groups is 1. The van der Waals surface area contributed by atoms with Crippen molar-refractivity contribution in [3.05, 3.63) is 93.5 Å². The van der Waals surface area contributed by atoms with Crippen LogP contribution in [0.3, 0.4) is 0 Å². The van der Waals surface area contributed by atoms with E-state index in [0.29, 0.717) is 23.0 Å². The number of rotatable bonds is 4. The largest absolute Gasteiger partial charge is 0.456 e. The molecule has 5 nitrogen and oxygen atoms in total. The average Bonchev–Trinajstić information content (AvgIpc) is 3.02. The molecular formula is C31H34BrN3O2. The van der Waals surface area contributed by atoms with Crippen LogP contribution in [0.1, 0.15) is 68.4 Å². The number of aliphatic imine (C=N–C) groups is 2. The second-order valence-corrected chi connectivity index (χ2v) is 11.4. The average molecular weight is 561 g/mol. The third kappa shape index (κ3) is 7.16. The van der Waals surface area contributed by atoms with Gasteiger partial charge in [-0.3, -0.25) is 4.99 Å². The molecular weight excluding hydrogens is 526 g/mol. The van der Waals surface area contributed by atoms with Gasteiger partial charge in [-0.05, 0) is 99.1 Å². The molecule has 0 bridgehead atoms. The number of hydrogen-bond acceptors (Lipinski definition) is 4. The van der Waals surface area contributed by atoms with Gasteiger partial charge in [-0.1, -0.05) is 53.2 Å². The van der Waals surface area contributed by atoms with Crippen molar-refractivity contribution in [3.63, 3.8) is 0 Å². The molecule has 1 aliphatic heterocycles. The predicted molar refractivity (Wildman–Crippen MR) is 157 cm³/mol. The Bertz CT molecular complexity index is 1310. The zero-order valence-corrected chi connectivity index (χ0v) is 23.5. The van der Waals surface area contributed by atoms with E-state index in [1.54, 1.807) is 24.3 Å². The number of nitrogens with two attached hydrogens (primary N) is 1. The highest BCUT2D eigenvalue weighted by molar-refractivity contribution is 9.12. The Morgan fingerprint density at radius 3 is 2.59 bits per heavy atom. The third-order valence-electron chi connectivity index (χ3n) is 6.19. The quantitative estimate of drug-likeness (QED) is 0.238. The Kier molecular flexibility index (Phi) is 8.28. The summed E-state index contributed by atoms with van der Waals surface area (Å²) in [5.74, 6) is 0.514. The minimum absolute atomic E-state index is 0.198. The van der Waals surface area contributed by atoms with Crippen molar-refractivity contribution in [3.8, 4) is 0 Å². The number of halogens is 1. The molecule has 1 heterocycles. The summed E-state index contributed by atoms with van der Waals surface area (Å²) in [5.41, 5.74) is 11.3. The van der Waals surface area contributed by atoms with Crippen molar-refractivity contribution < 1.29 is 9.53 Å². The highest BCUT2D eigenvalue weighted by atomic mass is 79.9. The van der Waals surface area contributed by atoms with Gasteiger partial charge in [-0.25, -0.2) is 9.79 Å². The SMILES string of the molecule is CC1C=N[C@@H]2CC/C=C(c3cccc(C(N)=Nc4ccc(C(=O)OC(C)(C)C)cc4)c3)\C=C(\Br)C2=CC1. The molecule has 0 aromatic heterocycles. The van der Waals surface area contributed by atoms with Crippen LogP contribution in [0.4, 0.5) is 5.69 Å². The summed E-state index contributed by atoms with van der Waals surface area (Å²) in [5, 5.41) is 0. The molecule has 6 heteroatoms. The molecule has 2 N–H and O–H groups in total. The van der Waals surface area contributed by atoms with Gasteiger partial charge in [-0.15, -0.1) is 0 Å². The lowest BCUT2D eigenvalue weighted by Crippen LogP contribution is -2.23. The van der Waals surface area contributed by atoms with Crippen LogP contribution < -0.4 is 5.73 Å². The van der Waals surface area contributed by atoms with Crippen LogP contribution in [0, 0.1) is 5.92 Å². The van der Waals surface area contributed by atoms with E-state index in [1.807, 2.05) is 32.9 Å². The Balaban J connectivity index is 1.55. The Labute approximate surface area is 228 Å². The van der Waals surface area contributed by atoms with Crippen molar-refractivity contribution >= 4 is 45.2 Å². The molecule has 0 spiro atoms. The zero-order valence-electron chi connectivity index (χ0n) is 21.9. The van der Waals surface area contributed by atoms with Gasteiger partial charge in [0, 0.05) is 16.3 Å². The van der Waals surface area contributed by atoms with Gasteiger partial charge in [0.1, 0.15) is 11.4 Å². The Morgan fingerprint density at radius 1 is 1.11 bits per heavy atom. The number of esters is 1. The van der Waals surface area contributed by atoms with Crippen LogP contribution in [-0.2, 0) is 4.74 Å². The van der Waals surface area contributed by atoms with Crippen LogP contribution >= 0.6 is 15.9 Å². The summed E-state index contributed by atoms with van der Waals surface area (Å²) in [7, 11) is 0. The highest BCUT2D eigenvalue weighted by Crippen LogP contribution is 2.34. The van der Waals surface area contributed by atoms with Gasteiger partial charge in [-0.2, -0.15) is 0 Å². The number of fused-ring (bicyclic) bond motifs is 1. The molecule has 2 aliphatic rings. The van der Waals surface area contributed by atoms with Crippen LogP contribution in [0.15, 0.2) is 86.8 Å². The third-order valence-corrected chi connectivity index (χ3v) is 6.88. The molecule has 4 rings (SSSR count). The smallest absolute Gasteiger partial charge is 0.338 e. The van der Waals surface area contributed by atoms with Gasteiger partial charge in [0.25, 0.3) is 0 Å². The highest BCUT2D eigenvalue weighted by Gasteiger charge is 2.21. The number of ether oxygens (including phenoxy) is 1. The van der Waals surface area contributed by atoms with E-state index >= 15 is 0 Å². The molecule has 1 unspecified atom stereocenters. The molecule has 2 aromatic rings. The molecule has 0 fully saturated rings. The first-order valence-corrected chi connectivity index (χ1v) is 13.5. The standard InChI is InChI=1S/C31H34BrN3O2/c1-20-11-16-26-27(32)18-23(8-6-10-28(26)34-19-20)22-7-5-9-24(17-22)29(33)35-25-14-12-21(13-15-25)30(36)37-31(2,3)4/h5,7-9,12-20,28H,6,10-11H2,1-4H3,(H2,33,35)/b23-8+,27-18+/t20?,28-/m1/s1. The summed E-state index contributed by atoms with van der Waals surface area (Å²) in [4.78, 5) is 21.7. The van der Waals surface area contributed by atoms with E-state index in [9.17, 15) is 4.79 Å². The van der Waals surface area contributed by atoms with E-state index in [4.69, 9.17) is 15.5 Å². The topological polar surface area (TPSA) is 77.0 Å². The number of hydrogen-bond donors (Lipinski definition) is 1. The monoisotopic (exact) mass is 559 g/mol. The lowest BCUT2D eigenvalue weighted by molar-refractivity contribution is 0.00695. The van der Waals surface area contributed by atoms with E-state index in [0.717, 1.165) is 40.4 Å². The summed E-state index contributed by atoms with van der Waals surface area (Å²) >= 11 is 3.83. The van der Waals surface area contributed by atoms with Gasteiger partial charge >= 0.3 is 5.97 Å². The van der Waals surface area contributed by atoms with Gasteiger partial charge < -0.3 is 10.5 Å². The lowest BCUT2D eigenvalue weighted by atomic mass is 9.93. The minimum atomic E-state index is -0.541. The maximum absolute atomic E-state index is 12.3. The first-order chi connectivity index (χ1) is 17.6. The number of carbonyl (C=O) groups excluding carboxylic acids is 1. The Morgan fingerprint density at radius 2 is 1.86 bits per heavy atom. The Hall–Kier alpha value is -3.25. The van der Waals surface area contributed by atoms with Crippen LogP contribution in [-0.4, -0.2) is 29.7 Å². The summed E-state index contributed by atoms with van der Waals surface area (Å²) in [6.07, 6.45) is 11.8. The lowest BCUT2D eigenvalue weighted by Gasteiger charge is -2.19. The summed E-state index contributed by atoms with van der Waals surface area (Å²) in [6, 6.07) is 15.3. The van der Waals surface area contributed by atoms with Crippen molar-refractivity contribution in [1.29, 1.82) is 0 Å². The molecule has 0 radical (unpaired) electrons. The molecule has 37 heavy (non-hydrogen) atoms. The molecule has 0 saturated carbocycles. The number of allylic oxidation sites excluding steroid dienone is 4. The number of amidine groups is 1. The van der Waals surface area contributed by atoms with Crippen molar-refractivity contribution in [2.24, 2.45) is 21.6 Å². The van der Waals surface area contributed by atoms with Crippen LogP contribution in [0.25, 0.3) is 5.57 Å². The molecule has 0 saturated heterocycles. The summed E-state index contributed by atoms with van der Waals surface area (Å²) in [6.45, 7) is 7.74. The molecule has 192 valence electrons. The predicted octanol–water partition coefficient (Wildman–Crippen LogP) is 7.54. The molecule has 1 aliphatic carbocycles. The molecule has 2 atom stereocenters. The fourth-order valence-corrected chi connectivity index (χ4v) is 4.95. The summed E-state index contributed by atoms with van der Waals surface area (Å²) < 4.78 is 6.50. The first-order valence-electron chi connectivity index (χ1n) is 12.7. The maximum Gasteiger partial charge on any atom is 0.338 e. The fourth-order valence-electron chi connectivity index (χ4n) is 4.28. The van der Waals surface area contributed by atoms with Crippen LogP contribution in [0.5, 0.6) is 0 Å². The zero-order chi connectivity index (χ0) is 26.6. The second kappa shape index (κ2) is 11.4. The normalized spacial score (nSPS) is 23.3. The molecule has 2 aromatic carbocycles. The van der Waals surface area contributed by atoms with Crippen molar-refractivity contribution in [2.45, 2.75) is 58.6 Å². The van der Waals surface area contributed by atoms with E-state index in [1.165, 1.54) is 5.57 Å². The van der Waals surface area contributed by atoms with Crippen LogP contribution in [0.2, 0.25) is 0 Å². The van der Waals surface area contributed by atoms with E-state index in [-0.39, 0.29) is 12.0 Å². The molecule has 0 amide bonds. The van der Waals surface area contributed by atoms with Gasteiger partial charge in [0.2, 0.25) is 0 Å². The second-order valence-electron chi connectivity index (χ2n) is 10.5.